The molecule has 3 aromatic rings. The molecule has 0 amide bonds. The van der Waals surface area contributed by atoms with Gasteiger partial charge in [0.15, 0.2) is 0 Å². The van der Waals surface area contributed by atoms with Gasteiger partial charge < -0.3 is 19.6 Å². The fourth-order valence-corrected chi connectivity index (χ4v) is 6.27. The van der Waals surface area contributed by atoms with Gasteiger partial charge in [0.05, 0.1) is 30.4 Å². The fourth-order valence-electron chi connectivity index (χ4n) is 3.67. The summed E-state index contributed by atoms with van der Waals surface area (Å²) in [6.07, 6.45) is 0. The van der Waals surface area contributed by atoms with Gasteiger partial charge in [0.1, 0.15) is 11.5 Å². The third-order valence-electron chi connectivity index (χ3n) is 5.06. The standard InChI is InChI=1S/C21H19NO5S2/c1-26-13-7-3-11(4-8-13)15-16(20(23)24)17(12-5-9-14(27-2)10-6-12)28-19-18(15)29-21(25)22-19/h3-10,15-17H,1-2H3,(H,22,25)(H,23,24)/t15-,16-,17+/m1/s1. The van der Waals surface area contributed by atoms with Crippen LogP contribution < -0.4 is 14.3 Å². The molecular weight excluding hydrogens is 410 g/mol. The van der Waals surface area contributed by atoms with Crippen LogP contribution in [0.5, 0.6) is 11.5 Å². The first-order valence-corrected chi connectivity index (χ1v) is 10.6. The largest absolute Gasteiger partial charge is 0.497 e. The first-order chi connectivity index (χ1) is 14.0. The van der Waals surface area contributed by atoms with E-state index in [4.69, 9.17) is 9.47 Å². The number of carboxylic acids is 1. The second kappa shape index (κ2) is 7.96. The van der Waals surface area contributed by atoms with Gasteiger partial charge >= 0.3 is 10.8 Å². The summed E-state index contributed by atoms with van der Waals surface area (Å²) in [7, 11) is 3.18. The molecule has 0 fully saturated rings. The molecule has 1 aliphatic rings. The summed E-state index contributed by atoms with van der Waals surface area (Å²) in [6.45, 7) is 0. The Balaban J connectivity index is 1.85. The lowest BCUT2D eigenvalue weighted by atomic mass is 9.80. The lowest BCUT2D eigenvalue weighted by molar-refractivity contribution is -0.142. The Labute approximate surface area is 175 Å². The molecule has 0 unspecified atom stereocenters. The van der Waals surface area contributed by atoms with E-state index in [-0.39, 0.29) is 10.1 Å². The average molecular weight is 430 g/mol. The number of hydrogen-bond donors (Lipinski definition) is 2. The van der Waals surface area contributed by atoms with Crippen molar-refractivity contribution in [1.29, 1.82) is 0 Å². The predicted octanol–water partition coefficient (Wildman–Crippen LogP) is 4.13. The van der Waals surface area contributed by atoms with Crippen molar-refractivity contribution < 1.29 is 19.4 Å². The topological polar surface area (TPSA) is 88.6 Å². The Kier molecular flexibility index (Phi) is 5.38. The number of aromatic amines is 1. The van der Waals surface area contributed by atoms with Crippen molar-refractivity contribution in [1.82, 2.24) is 4.98 Å². The molecule has 0 spiro atoms. The molecule has 2 aromatic carbocycles. The number of methoxy groups -OCH3 is 2. The Bertz CT molecular complexity index is 1070. The van der Waals surface area contributed by atoms with Crippen molar-refractivity contribution in [2.75, 3.05) is 14.2 Å². The molecule has 0 aliphatic carbocycles. The summed E-state index contributed by atoms with van der Waals surface area (Å²) < 4.78 is 10.5. The summed E-state index contributed by atoms with van der Waals surface area (Å²) >= 11 is 2.48. The third-order valence-corrected chi connectivity index (χ3v) is 7.53. The second-order valence-corrected chi connectivity index (χ2v) is 8.80. The molecule has 3 atom stereocenters. The van der Waals surface area contributed by atoms with Crippen molar-refractivity contribution in [2.45, 2.75) is 16.2 Å². The van der Waals surface area contributed by atoms with Crippen LogP contribution in [0.3, 0.4) is 0 Å². The van der Waals surface area contributed by atoms with Crippen molar-refractivity contribution in [3.63, 3.8) is 0 Å². The van der Waals surface area contributed by atoms with E-state index >= 15 is 0 Å². The number of H-pyrrole nitrogens is 1. The summed E-state index contributed by atoms with van der Waals surface area (Å²) in [6, 6.07) is 14.8. The van der Waals surface area contributed by atoms with Crippen LogP contribution in [0, 0.1) is 5.92 Å². The molecule has 1 aliphatic heterocycles. The summed E-state index contributed by atoms with van der Waals surface area (Å²) in [5, 5.41) is 10.6. The van der Waals surface area contributed by atoms with Crippen LogP contribution in [0.1, 0.15) is 27.2 Å². The van der Waals surface area contributed by atoms with Gasteiger partial charge in [-0.25, -0.2) is 0 Å². The molecule has 1 aromatic heterocycles. The van der Waals surface area contributed by atoms with E-state index in [1.807, 2.05) is 48.5 Å². The SMILES string of the molecule is COc1ccc([C@H]2c3sc(=O)[nH]c3S[C@@H](c3ccc(OC)cc3)[C@@H]2C(=O)O)cc1. The highest BCUT2D eigenvalue weighted by Crippen LogP contribution is 2.55. The molecule has 6 nitrogen and oxygen atoms in total. The smallest absolute Gasteiger partial charge is 0.308 e. The van der Waals surface area contributed by atoms with Crippen molar-refractivity contribution in [2.24, 2.45) is 5.92 Å². The Hall–Kier alpha value is -2.71. The first-order valence-electron chi connectivity index (χ1n) is 8.92. The first kappa shape index (κ1) is 19.6. The quantitative estimate of drug-likeness (QED) is 0.634. The molecule has 8 heteroatoms. The molecule has 0 saturated heterocycles. The second-order valence-electron chi connectivity index (χ2n) is 6.63. The minimum atomic E-state index is -0.898. The van der Waals surface area contributed by atoms with Crippen molar-refractivity contribution in [3.05, 3.63) is 74.2 Å². The monoisotopic (exact) mass is 429 g/mol. The van der Waals surface area contributed by atoms with E-state index in [9.17, 15) is 14.7 Å². The molecule has 29 heavy (non-hydrogen) atoms. The third kappa shape index (κ3) is 3.65. The van der Waals surface area contributed by atoms with Gasteiger partial charge in [-0.1, -0.05) is 47.4 Å². The average Bonchev–Trinajstić information content (AvgIpc) is 3.12. The number of benzene rings is 2. The van der Waals surface area contributed by atoms with Gasteiger partial charge in [0, 0.05) is 10.8 Å². The van der Waals surface area contributed by atoms with Crippen LogP contribution in [0.2, 0.25) is 0 Å². The van der Waals surface area contributed by atoms with Gasteiger partial charge in [-0.2, -0.15) is 0 Å². The fraction of sp³-hybridized carbons (Fsp3) is 0.238. The zero-order chi connectivity index (χ0) is 20.5. The Morgan fingerprint density at radius 2 is 1.52 bits per heavy atom. The van der Waals surface area contributed by atoms with E-state index in [1.54, 1.807) is 14.2 Å². The molecule has 150 valence electrons. The highest BCUT2D eigenvalue weighted by atomic mass is 32.2. The van der Waals surface area contributed by atoms with Gasteiger partial charge in [-0.3, -0.25) is 9.59 Å². The highest BCUT2D eigenvalue weighted by molar-refractivity contribution is 7.99. The van der Waals surface area contributed by atoms with E-state index in [0.717, 1.165) is 32.4 Å². The number of fused-ring (bicyclic) bond motifs is 1. The van der Waals surface area contributed by atoms with Crippen LogP contribution in [0.4, 0.5) is 0 Å². The Morgan fingerprint density at radius 1 is 0.966 bits per heavy atom. The van der Waals surface area contributed by atoms with Gasteiger partial charge in [-0.05, 0) is 35.4 Å². The van der Waals surface area contributed by atoms with Crippen LogP contribution in [-0.4, -0.2) is 30.3 Å². The molecular formula is C21H19NO5S2. The van der Waals surface area contributed by atoms with Crippen LogP contribution in [-0.2, 0) is 4.79 Å². The number of thioether (sulfide) groups is 1. The van der Waals surface area contributed by atoms with Crippen molar-refractivity contribution in [3.8, 4) is 11.5 Å². The molecule has 0 saturated carbocycles. The molecule has 2 heterocycles. The number of aliphatic carboxylic acids is 1. The highest BCUT2D eigenvalue weighted by Gasteiger charge is 2.45. The summed E-state index contributed by atoms with van der Waals surface area (Å²) in [5.74, 6) is -0.671. The summed E-state index contributed by atoms with van der Waals surface area (Å²) in [5.41, 5.74) is 1.72. The minimum absolute atomic E-state index is 0.180. The normalized spacial score (nSPS) is 20.7. The van der Waals surface area contributed by atoms with Gasteiger partial charge in [0.2, 0.25) is 0 Å². The summed E-state index contributed by atoms with van der Waals surface area (Å²) in [4.78, 5) is 28.0. The van der Waals surface area contributed by atoms with E-state index < -0.39 is 17.8 Å². The molecule has 0 bridgehead atoms. The maximum atomic E-state index is 12.4. The van der Waals surface area contributed by atoms with Crippen LogP contribution >= 0.6 is 23.1 Å². The number of carboxylic acid groups (broad SMARTS) is 1. The maximum absolute atomic E-state index is 12.4. The zero-order valence-electron chi connectivity index (χ0n) is 15.7. The van der Waals surface area contributed by atoms with Crippen LogP contribution in [0.15, 0.2) is 58.4 Å². The number of ether oxygens (including phenoxy) is 2. The van der Waals surface area contributed by atoms with Crippen LogP contribution in [0.25, 0.3) is 0 Å². The van der Waals surface area contributed by atoms with E-state index in [1.165, 1.54) is 11.8 Å². The lowest BCUT2D eigenvalue weighted by Crippen LogP contribution is -2.30. The number of nitrogens with one attached hydrogen (secondary N) is 1. The lowest BCUT2D eigenvalue weighted by Gasteiger charge is -2.35. The number of hydrogen-bond acceptors (Lipinski definition) is 6. The van der Waals surface area contributed by atoms with E-state index in [0.29, 0.717) is 11.5 Å². The zero-order valence-corrected chi connectivity index (χ0v) is 17.4. The van der Waals surface area contributed by atoms with Crippen molar-refractivity contribution >= 4 is 29.1 Å². The Morgan fingerprint density at radius 3 is 2.03 bits per heavy atom. The number of carbonyl (C=O) groups is 1. The predicted molar refractivity (Wildman–Crippen MR) is 112 cm³/mol. The minimum Gasteiger partial charge on any atom is -0.497 e. The molecule has 4 rings (SSSR count). The molecule has 0 radical (unpaired) electrons. The molecule has 2 N–H and O–H groups in total. The number of aromatic nitrogens is 1. The van der Waals surface area contributed by atoms with Gasteiger partial charge in [-0.15, -0.1) is 0 Å². The maximum Gasteiger partial charge on any atom is 0.308 e. The number of rotatable bonds is 5. The number of thiazole rings is 1. The van der Waals surface area contributed by atoms with E-state index in [2.05, 4.69) is 4.98 Å². The van der Waals surface area contributed by atoms with Gasteiger partial charge in [0.25, 0.3) is 0 Å².